The molecule has 1 aromatic rings. The highest BCUT2D eigenvalue weighted by atomic mass is 28.4. The summed E-state index contributed by atoms with van der Waals surface area (Å²) >= 11 is 0. The highest BCUT2D eigenvalue weighted by Crippen LogP contribution is 2.09. The first-order valence-electron chi connectivity index (χ1n) is 5.34. The average Bonchev–Trinajstić information content (AvgIpc) is 2.63. The standard InChI is InChI=1S/C11H16N2O3Si/c1-12-6-7-13(9-12)8-10-2-4-11(5-3-10)17(14,15)16/h2-7,14-16H,8-9H2,1H3. The monoisotopic (exact) mass is 252 g/mol. The number of nitrogens with zero attached hydrogens (tertiary/aromatic N) is 2. The van der Waals surface area contributed by atoms with E-state index in [4.69, 9.17) is 14.4 Å². The molecule has 0 atom stereocenters. The Morgan fingerprint density at radius 2 is 1.76 bits per heavy atom. The molecule has 92 valence electrons. The maximum Gasteiger partial charge on any atom is 0.528 e. The van der Waals surface area contributed by atoms with Crippen LogP contribution in [0.2, 0.25) is 0 Å². The summed E-state index contributed by atoms with van der Waals surface area (Å²) in [6.45, 7) is 1.61. The molecule has 0 amide bonds. The molecule has 0 saturated carbocycles. The quantitative estimate of drug-likeness (QED) is 0.601. The van der Waals surface area contributed by atoms with Gasteiger partial charge in [-0.1, -0.05) is 24.3 Å². The summed E-state index contributed by atoms with van der Waals surface area (Å²) < 4.78 is 0. The normalized spacial score (nSPS) is 15.8. The molecule has 0 aromatic heterocycles. The molecule has 0 aliphatic carbocycles. The van der Waals surface area contributed by atoms with Gasteiger partial charge in [0.05, 0.1) is 6.67 Å². The minimum atomic E-state index is -4.15. The van der Waals surface area contributed by atoms with E-state index in [1.165, 1.54) is 0 Å². The first kappa shape index (κ1) is 12.1. The molecule has 17 heavy (non-hydrogen) atoms. The molecule has 0 fully saturated rings. The van der Waals surface area contributed by atoms with Crippen LogP contribution in [0.3, 0.4) is 0 Å². The maximum absolute atomic E-state index is 9.12. The van der Waals surface area contributed by atoms with Crippen molar-refractivity contribution in [2.45, 2.75) is 6.54 Å². The molecule has 1 aromatic carbocycles. The largest absolute Gasteiger partial charge is 0.528 e. The molecule has 0 saturated heterocycles. The summed E-state index contributed by atoms with van der Waals surface area (Å²) in [4.78, 5) is 31.6. The lowest BCUT2D eigenvalue weighted by atomic mass is 10.2. The Hall–Kier alpha value is -1.34. The van der Waals surface area contributed by atoms with E-state index in [1.807, 2.05) is 19.4 Å². The van der Waals surface area contributed by atoms with Crippen LogP contribution in [0, 0.1) is 0 Å². The fourth-order valence-electron chi connectivity index (χ4n) is 1.76. The Balaban J connectivity index is 2.02. The third-order valence-corrected chi connectivity index (χ3v) is 3.77. The van der Waals surface area contributed by atoms with Gasteiger partial charge in [-0.05, 0) is 5.56 Å². The lowest BCUT2D eigenvalue weighted by molar-refractivity contribution is 0.249. The minimum Gasteiger partial charge on any atom is -0.386 e. The number of benzene rings is 1. The Kier molecular flexibility index (Phi) is 3.21. The molecule has 5 nitrogen and oxygen atoms in total. The second-order valence-electron chi connectivity index (χ2n) is 4.28. The Bertz CT molecular complexity index is 414. The van der Waals surface area contributed by atoms with E-state index >= 15 is 0 Å². The highest BCUT2D eigenvalue weighted by Gasteiger charge is 2.29. The van der Waals surface area contributed by atoms with Crippen LogP contribution in [0.1, 0.15) is 5.56 Å². The molecule has 3 N–H and O–H groups in total. The zero-order valence-electron chi connectivity index (χ0n) is 9.61. The average molecular weight is 252 g/mol. The summed E-state index contributed by atoms with van der Waals surface area (Å²) in [6.07, 6.45) is 4.01. The first-order chi connectivity index (χ1) is 7.95. The van der Waals surface area contributed by atoms with Crippen LogP contribution >= 0.6 is 0 Å². The number of hydrogen-bond acceptors (Lipinski definition) is 5. The molecule has 6 heteroatoms. The second kappa shape index (κ2) is 4.50. The molecule has 2 rings (SSSR count). The van der Waals surface area contributed by atoms with Gasteiger partial charge in [-0.25, -0.2) is 0 Å². The van der Waals surface area contributed by atoms with Crippen LogP contribution in [0.25, 0.3) is 0 Å². The molecule has 0 unspecified atom stereocenters. The van der Waals surface area contributed by atoms with Gasteiger partial charge in [0, 0.05) is 31.2 Å². The topological polar surface area (TPSA) is 67.2 Å². The van der Waals surface area contributed by atoms with E-state index in [9.17, 15) is 0 Å². The van der Waals surface area contributed by atoms with Gasteiger partial charge in [0.25, 0.3) is 0 Å². The second-order valence-corrected chi connectivity index (χ2v) is 6.12. The van der Waals surface area contributed by atoms with Gasteiger partial charge in [0.15, 0.2) is 0 Å². The van der Waals surface area contributed by atoms with Gasteiger partial charge in [0.2, 0.25) is 0 Å². The van der Waals surface area contributed by atoms with Crippen LogP contribution in [-0.4, -0.2) is 46.7 Å². The van der Waals surface area contributed by atoms with E-state index in [0.29, 0.717) is 0 Å². The summed E-state index contributed by atoms with van der Waals surface area (Å²) in [5, 5.41) is 0.204. The lowest BCUT2D eigenvalue weighted by Crippen LogP contribution is -2.48. The van der Waals surface area contributed by atoms with E-state index in [0.717, 1.165) is 18.8 Å². The number of hydrogen-bond donors (Lipinski definition) is 3. The molecular weight excluding hydrogens is 236 g/mol. The van der Waals surface area contributed by atoms with Gasteiger partial charge in [-0.2, -0.15) is 0 Å². The molecule has 1 aliphatic rings. The summed E-state index contributed by atoms with van der Waals surface area (Å²) in [5.74, 6) is 0. The summed E-state index contributed by atoms with van der Waals surface area (Å²) in [5.41, 5.74) is 1.06. The SMILES string of the molecule is CN1C=CN(Cc2ccc([Si](O)(O)O)cc2)C1. The predicted octanol–water partition coefficient (Wildman–Crippen LogP) is -1.01. The number of rotatable bonds is 3. The van der Waals surface area contributed by atoms with Crippen molar-refractivity contribution in [3.05, 3.63) is 42.2 Å². The van der Waals surface area contributed by atoms with Crippen molar-refractivity contribution >= 4 is 14.0 Å². The van der Waals surface area contributed by atoms with E-state index < -0.39 is 8.80 Å². The van der Waals surface area contributed by atoms with Crippen molar-refractivity contribution in [3.63, 3.8) is 0 Å². The molecule has 0 radical (unpaired) electrons. The van der Waals surface area contributed by atoms with Crippen LogP contribution in [0.15, 0.2) is 36.7 Å². The van der Waals surface area contributed by atoms with Crippen molar-refractivity contribution < 1.29 is 14.4 Å². The Morgan fingerprint density at radius 3 is 2.24 bits per heavy atom. The van der Waals surface area contributed by atoms with Crippen molar-refractivity contribution in [2.24, 2.45) is 0 Å². The fourth-order valence-corrected chi connectivity index (χ4v) is 2.37. The van der Waals surface area contributed by atoms with E-state index in [-0.39, 0.29) is 5.19 Å². The maximum atomic E-state index is 9.12. The zero-order valence-corrected chi connectivity index (χ0v) is 10.6. The van der Waals surface area contributed by atoms with Gasteiger partial charge in [0.1, 0.15) is 0 Å². The molecule has 1 aliphatic heterocycles. The zero-order chi connectivity index (χ0) is 12.5. The Labute approximate surface area is 101 Å². The lowest BCUT2D eigenvalue weighted by Gasteiger charge is -2.18. The fraction of sp³-hybridized carbons (Fsp3) is 0.273. The summed E-state index contributed by atoms with van der Waals surface area (Å²) in [7, 11) is -2.14. The van der Waals surface area contributed by atoms with E-state index in [2.05, 4.69) is 9.80 Å². The predicted molar refractivity (Wildman–Crippen MR) is 65.8 cm³/mol. The van der Waals surface area contributed by atoms with Crippen molar-refractivity contribution in [3.8, 4) is 0 Å². The highest BCUT2D eigenvalue weighted by molar-refractivity contribution is 6.71. The van der Waals surface area contributed by atoms with Gasteiger partial charge in [-0.3, -0.25) is 0 Å². The van der Waals surface area contributed by atoms with Crippen molar-refractivity contribution in [1.29, 1.82) is 0 Å². The van der Waals surface area contributed by atoms with Crippen LogP contribution in [0.5, 0.6) is 0 Å². The first-order valence-corrected chi connectivity index (χ1v) is 7.18. The van der Waals surface area contributed by atoms with Crippen LogP contribution in [-0.2, 0) is 6.54 Å². The van der Waals surface area contributed by atoms with Gasteiger partial charge >= 0.3 is 8.80 Å². The van der Waals surface area contributed by atoms with Crippen molar-refractivity contribution in [1.82, 2.24) is 9.80 Å². The third-order valence-electron chi connectivity index (χ3n) is 2.66. The summed E-state index contributed by atoms with van der Waals surface area (Å²) in [6, 6.07) is 6.72. The smallest absolute Gasteiger partial charge is 0.386 e. The molecular formula is C11H16N2O3Si. The van der Waals surface area contributed by atoms with Gasteiger partial charge < -0.3 is 24.2 Å². The van der Waals surface area contributed by atoms with Crippen molar-refractivity contribution in [2.75, 3.05) is 13.7 Å². The van der Waals surface area contributed by atoms with E-state index in [1.54, 1.807) is 24.3 Å². The Morgan fingerprint density at radius 1 is 1.12 bits per heavy atom. The van der Waals surface area contributed by atoms with Gasteiger partial charge in [-0.15, -0.1) is 0 Å². The van der Waals surface area contributed by atoms with Crippen LogP contribution in [0.4, 0.5) is 0 Å². The molecule has 1 heterocycles. The minimum absolute atomic E-state index is 0.204. The molecule has 0 spiro atoms. The van der Waals surface area contributed by atoms with Crippen LogP contribution < -0.4 is 5.19 Å². The molecule has 0 bridgehead atoms. The third kappa shape index (κ3) is 3.07.